The molecule has 100 valence electrons. The van der Waals surface area contributed by atoms with E-state index in [1.54, 1.807) is 0 Å². The van der Waals surface area contributed by atoms with E-state index >= 15 is 0 Å². The van der Waals surface area contributed by atoms with Gasteiger partial charge in [0.1, 0.15) is 0 Å². The lowest BCUT2D eigenvalue weighted by Crippen LogP contribution is -2.36. The predicted molar refractivity (Wildman–Crippen MR) is 67.4 cm³/mol. The van der Waals surface area contributed by atoms with Gasteiger partial charge in [0.05, 0.1) is 29.9 Å². The third kappa shape index (κ3) is 3.40. The van der Waals surface area contributed by atoms with E-state index in [1.165, 1.54) is 12.1 Å². The van der Waals surface area contributed by atoms with Crippen molar-refractivity contribution in [2.75, 3.05) is 31.2 Å². The molecule has 0 aromatic heterocycles. The highest BCUT2D eigenvalue weighted by Crippen LogP contribution is 2.24. The van der Waals surface area contributed by atoms with E-state index in [-0.39, 0.29) is 5.69 Å². The lowest BCUT2D eigenvalue weighted by Gasteiger charge is -2.28. The van der Waals surface area contributed by atoms with Crippen LogP contribution in [0.3, 0.4) is 0 Å². The molecule has 1 aliphatic heterocycles. The zero-order valence-electron chi connectivity index (χ0n) is 10.6. The third-order valence-corrected chi connectivity index (χ3v) is 2.49. The molecule has 1 saturated heterocycles. The number of non-ortho nitro benzene ring substituents is 1. The predicted octanol–water partition coefficient (Wildman–Crippen LogP) is 2.60. The summed E-state index contributed by atoms with van der Waals surface area (Å²) in [6.07, 6.45) is 0. The number of nitro groups is 1. The van der Waals surface area contributed by atoms with Crippen LogP contribution < -0.4 is 4.90 Å². The zero-order chi connectivity index (χ0) is 13.5. The number of halogens is 1. The number of anilines is 1. The van der Waals surface area contributed by atoms with E-state index in [0.29, 0.717) is 32.0 Å². The first-order valence-corrected chi connectivity index (χ1v) is 5.95. The number of hydrogen-bond donors (Lipinski definition) is 0. The van der Waals surface area contributed by atoms with Crippen LogP contribution in [0.5, 0.6) is 0 Å². The number of rotatable bonds is 2. The molecule has 0 atom stereocenters. The molecule has 0 amide bonds. The molecule has 0 spiro atoms. The van der Waals surface area contributed by atoms with Gasteiger partial charge in [-0.05, 0) is 6.07 Å². The van der Waals surface area contributed by atoms with Gasteiger partial charge in [-0.2, -0.15) is 0 Å². The molecule has 1 heterocycles. The van der Waals surface area contributed by atoms with Gasteiger partial charge < -0.3 is 9.64 Å². The summed E-state index contributed by atoms with van der Waals surface area (Å²) in [4.78, 5) is 11.7. The van der Waals surface area contributed by atoms with Gasteiger partial charge in [0.2, 0.25) is 0 Å². The summed E-state index contributed by atoms with van der Waals surface area (Å²) in [7, 11) is 0. The Hall–Kier alpha value is -1.69. The van der Waals surface area contributed by atoms with E-state index in [9.17, 15) is 14.5 Å². The van der Waals surface area contributed by atoms with Crippen molar-refractivity contribution < 1.29 is 14.1 Å². The Balaban J connectivity index is 0.000000771. The summed E-state index contributed by atoms with van der Waals surface area (Å²) in [5, 5.41) is 10.4. The number of nitro benzene ring substituents is 1. The molecule has 18 heavy (non-hydrogen) atoms. The first-order chi connectivity index (χ1) is 8.68. The maximum atomic E-state index is 13.6. The molecule has 1 aromatic carbocycles. The lowest BCUT2D eigenvalue weighted by molar-refractivity contribution is -0.385. The average molecular weight is 256 g/mol. The molecule has 5 nitrogen and oxygen atoms in total. The van der Waals surface area contributed by atoms with Crippen molar-refractivity contribution in [3.8, 4) is 0 Å². The molecule has 0 bridgehead atoms. The second-order valence-electron chi connectivity index (χ2n) is 3.49. The molecule has 1 fully saturated rings. The zero-order valence-corrected chi connectivity index (χ0v) is 10.6. The second kappa shape index (κ2) is 6.90. The SMILES string of the molecule is CC.O=[N+]([O-])c1ccc(N2CCOCC2)c(F)c1. The quantitative estimate of drug-likeness (QED) is 0.603. The molecule has 0 N–H and O–H groups in total. The van der Waals surface area contributed by atoms with Gasteiger partial charge in [-0.1, -0.05) is 13.8 Å². The first-order valence-electron chi connectivity index (χ1n) is 5.95. The van der Waals surface area contributed by atoms with Gasteiger partial charge in [-0.25, -0.2) is 4.39 Å². The van der Waals surface area contributed by atoms with Crippen LogP contribution in [0.2, 0.25) is 0 Å². The van der Waals surface area contributed by atoms with Crippen LogP contribution in [-0.2, 0) is 4.74 Å². The summed E-state index contributed by atoms with van der Waals surface area (Å²) in [6, 6.07) is 3.71. The van der Waals surface area contributed by atoms with E-state index in [0.717, 1.165) is 6.07 Å². The minimum atomic E-state index is -0.605. The molecular formula is C12H17FN2O3. The number of ether oxygens (including phenoxy) is 1. The molecule has 0 unspecified atom stereocenters. The molecule has 1 aromatic rings. The van der Waals surface area contributed by atoms with Crippen molar-refractivity contribution in [1.82, 2.24) is 0 Å². The third-order valence-electron chi connectivity index (χ3n) is 2.49. The van der Waals surface area contributed by atoms with E-state index in [2.05, 4.69) is 0 Å². The summed E-state index contributed by atoms with van der Waals surface area (Å²) in [5.74, 6) is -0.559. The van der Waals surface area contributed by atoms with Crippen molar-refractivity contribution >= 4 is 11.4 Å². The van der Waals surface area contributed by atoms with Crippen molar-refractivity contribution in [3.63, 3.8) is 0 Å². The standard InChI is InChI=1S/C10H11FN2O3.C2H6/c11-9-7-8(13(14)15)1-2-10(9)12-3-5-16-6-4-12;1-2/h1-2,7H,3-6H2;1-2H3. The Morgan fingerprint density at radius 1 is 1.33 bits per heavy atom. The summed E-state index contributed by atoms with van der Waals surface area (Å²) >= 11 is 0. The number of morpholine rings is 1. The number of nitrogens with zero attached hydrogens (tertiary/aromatic N) is 2. The Labute approximate surface area is 105 Å². The second-order valence-corrected chi connectivity index (χ2v) is 3.49. The molecule has 1 aliphatic rings. The topological polar surface area (TPSA) is 55.6 Å². The van der Waals surface area contributed by atoms with Crippen LogP contribution in [0, 0.1) is 15.9 Å². The molecule has 6 heteroatoms. The normalized spacial score (nSPS) is 14.7. The number of hydrogen-bond acceptors (Lipinski definition) is 4. The highest BCUT2D eigenvalue weighted by atomic mass is 19.1. The molecule has 2 rings (SSSR count). The lowest BCUT2D eigenvalue weighted by atomic mass is 10.2. The fourth-order valence-electron chi connectivity index (χ4n) is 1.67. The monoisotopic (exact) mass is 256 g/mol. The van der Waals surface area contributed by atoms with Crippen LogP contribution >= 0.6 is 0 Å². The maximum absolute atomic E-state index is 13.6. The Morgan fingerprint density at radius 2 is 1.94 bits per heavy atom. The maximum Gasteiger partial charge on any atom is 0.272 e. The minimum Gasteiger partial charge on any atom is -0.378 e. The summed E-state index contributed by atoms with van der Waals surface area (Å²) in [6.45, 7) is 6.32. The fraction of sp³-hybridized carbons (Fsp3) is 0.500. The van der Waals surface area contributed by atoms with Gasteiger partial charge in [-0.15, -0.1) is 0 Å². The van der Waals surface area contributed by atoms with Gasteiger partial charge >= 0.3 is 0 Å². The van der Waals surface area contributed by atoms with Crippen LogP contribution in [0.25, 0.3) is 0 Å². The van der Waals surface area contributed by atoms with Gasteiger partial charge in [-0.3, -0.25) is 10.1 Å². The average Bonchev–Trinajstić information content (AvgIpc) is 2.42. The van der Waals surface area contributed by atoms with Crippen molar-refractivity contribution in [2.24, 2.45) is 0 Å². The van der Waals surface area contributed by atoms with Crippen molar-refractivity contribution in [3.05, 3.63) is 34.1 Å². The fourth-order valence-corrected chi connectivity index (χ4v) is 1.67. The summed E-state index contributed by atoms with van der Waals surface area (Å²) in [5.41, 5.74) is 0.170. The Bertz CT molecular complexity index is 406. The van der Waals surface area contributed by atoms with Crippen LogP contribution in [0.4, 0.5) is 15.8 Å². The van der Waals surface area contributed by atoms with Gasteiger partial charge in [0.15, 0.2) is 5.82 Å². The number of benzene rings is 1. The Kier molecular flexibility index (Phi) is 5.51. The molecule has 0 aliphatic carbocycles. The molecule has 0 radical (unpaired) electrons. The van der Waals surface area contributed by atoms with Gasteiger partial charge in [0, 0.05) is 19.2 Å². The van der Waals surface area contributed by atoms with Gasteiger partial charge in [0.25, 0.3) is 5.69 Å². The van der Waals surface area contributed by atoms with E-state index in [4.69, 9.17) is 4.74 Å². The minimum absolute atomic E-state index is 0.227. The van der Waals surface area contributed by atoms with Crippen LogP contribution in [0.1, 0.15) is 13.8 Å². The molecule has 0 saturated carbocycles. The smallest absolute Gasteiger partial charge is 0.272 e. The van der Waals surface area contributed by atoms with Crippen molar-refractivity contribution in [1.29, 1.82) is 0 Å². The highest BCUT2D eigenvalue weighted by molar-refractivity contribution is 5.52. The van der Waals surface area contributed by atoms with Crippen LogP contribution in [0.15, 0.2) is 18.2 Å². The van der Waals surface area contributed by atoms with Crippen molar-refractivity contribution in [2.45, 2.75) is 13.8 Å². The largest absolute Gasteiger partial charge is 0.378 e. The summed E-state index contributed by atoms with van der Waals surface area (Å²) < 4.78 is 18.8. The van der Waals surface area contributed by atoms with Crippen LogP contribution in [-0.4, -0.2) is 31.2 Å². The van der Waals surface area contributed by atoms with E-state index < -0.39 is 10.7 Å². The highest BCUT2D eigenvalue weighted by Gasteiger charge is 2.17. The first kappa shape index (κ1) is 14.4. The molecular weight excluding hydrogens is 239 g/mol. The van der Waals surface area contributed by atoms with E-state index in [1.807, 2.05) is 18.7 Å². The Morgan fingerprint density at radius 3 is 2.44 bits per heavy atom.